The van der Waals surface area contributed by atoms with Gasteiger partial charge in [-0.05, 0) is 11.1 Å². The Balaban J connectivity index is 1.62. The van der Waals surface area contributed by atoms with E-state index in [1.165, 1.54) is 0 Å². The van der Waals surface area contributed by atoms with E-state index in [1.54, 1.807) is 0 Å². The molecule has 7 heteroatoms. The van der Waals surface area contributed by atoms with Crippen molar-refractivity contribution in [2.45, 2.75) is 31.6 Å². The topological polar surface area (TPSA) is 90.9 Å². The Morgan fingerprint density at radius 2 is 1.68 bits per heavy atom. The van der Waals surface area contributed by atoms with Crippen LogP contribution in [0, 0.1) is 0 Å². The van der Waals surface area contributed by atoms with Gasteiger partial charge in [-0.15, -0.1) is 0 Å². The smallest absolute Gasteiger partial charge is 0.408 e. The molecule has 1 heterocycles. The minimum atomic E-state index is -0.987. The number of carbonyl (C=O) groups excluding carboxylic acids is 3. The Labute approximate surface area is 162 Å². The molecule has 1 amide bonds. The maximum absolute atomic E-state index is 12.6. The second kappa shape index (κ2) is 9.55. The van der Waals surface area contributed by atoms with Gasteiger partial charge >= 0.3 is 18.0 Å². The highest BCUT2D eigenvalue weighted by atomic mass is 16.6. The molecule has 7 nitrogen and oxygen atoms in total. The fourth-order valence-electron chi connectivity index (χ4n) is 2.76. The third kappa shape index (κ3) is 5.57. The molecule has 2 aromatic rings. The maximum Gasteiger partial charge on any atom is 0.408 e. The Kier molecular flexibility index (Phi) is 6.62. The molecule has 0 spiro atoms. The number of hydrogen-bond acceptors (Lipinski definition) is 6. The molecule has 0 aromatic heterocycles. The van der Waals surface area contributed by atoms with Crippen LogP contribution in [-0.4, -0.2) is 36.8 Å². The van der Waals surface area contributed by atoms with Gasteiger partial charge in [0.25, 0.3) is 0 Å². The van der Waals surface area contributed by atoms with E-state index in [1.807, 2.05) is 60.7 Å². The molecule has 146 valence electrons. The molecular formula is C21H21NO6. The van der Waals surface area contributed by atoms with Gasteiger partial charge in [-0.3, -0.25) is 0 Å². The summed E-state index contributed by atoms with van der Waals surface area (Å²) in [5.74, 6) is -1.28. The van der Waals surface area contributed by atoms with Gasteiger partial charge in [-0.2, -0.15) is 0 Å². The molecule has 2 atom stereocenters. The molecule has 0 unspecified atom stereocenters. The summed E-state index contributed by atoms with van der Waals surface area (Å²) in [7, 11) is 0. The fraction of sp³-hybridized carbons (Fsp3) is 0.286. The van der Waals surface area contributed by atoms with Crippen LogP contribution in [-0.2, 0) is 36.8 Å². The number of carbonyl (C=O) groups is 3. The zero-order valence-corrected chi connectivity index (χ0v) is 15.2. The summed E-state index contributed by atoms with van der Waals surface area (Å²) in [6.07, 6.45) is -1.16. The molecule has 1 saturated heterocycles. The van der Waals surface area contributed by atoms with E-state index in [0.29, 0.717) is 6.42 Å². The summed E-state index contributed by atoms with van der Waals surface area (Å²) >= 11 is 0. The van der Waals surface area contributed by atoms with Gasteiger partial charge in [0, 0.05) is 12.8 Å². The summed E-state index contributed by atoms with van der Waals surface area (Å²) in [5, 5.41) is 2.54. The minimum absolute atomic E-state index is 0.0781. The van der Waals surface area contributed by atoms with E-state index in [-0.39, 0.29) is 19.6 Å². The number of cyclic esters (lactones) is 1. The van der Waals surface area contributed by atoms with Gasteiger partial charge in [-0.25, -0.2) is 14.4 Å². The molecule has 1 aliphatic rings. The summed E-state index contributed by atoms with van der Waals surface area (Å²) < 4.78 is 15.2. The molecule has 0 bridgehead atoms. The van der Waals surface area contributed by atoms with E-state index in [4.69, 9.17) is 14.2 Å². The number of ether oxygens (including phenoxy) is 3. The van der Waals surface area contributed by atoms with Crippen molar-refractivity contribution in [2.75, 3.05) is 6.61 Å². The van der Waals surface area contributed by atoms with Crippen molar-refractivity contribution in [3.63, 3.8) is 0 Å². The summed E-state index contributed by atoms with van der Waals surface area (Å²) in [6, 6.07) is 17.4. The van der Waals surface area contributed by atoms with Crippen LogP contribution in [0.4, 0.5) is 4.79 Å². The second-order valence-corrected chi connectivity index (χ2v) is 6.33. The van der Waals surface area contributed by atoms with Crippen LogP contribution < -0.4 is 5.32 Å². The van der Waals surface area contributed by atoms with Gasteiger partial charge in [0.15, 0.2) is 0 Å². The van der Waals surface area contributed by atoms with E-state index >= 15 is 0 Å². The lowest BCUT2D eigenvalue weighted by Crippen LogP contribution is -2.45. The summed E-state index contributed by atoms with van der Waals surface area (Å²) in [5.41, 5.74) is 1.66. The van der Waals surface area contributed by atoms with Crippen molar-refractivity contribution in [1.82, 2.24) is 5.32 Å². The first-order chi connectivity index (χ1) is 13.6. The van der Waals surface area contributed by atoms with Crippen LogP contribution in [0.15, 0.2) is 60.7 Å². The first-order valence-corrected chi connectivity index (χ1v) is 9.00. The van der Waals surface area contributed by atoms with Crippen molar-refractivity contribution in [3.05, 3.63) is 71.8 Å². The zero-order valence-electron chi connectivity index (χ0n) is 15.2. The third-order valence-corrected chi connectivity index (χ3v) is 4.22. The number of hydrogen-bond donors (Lipinski definition) is 1. The van der Waals surface area contributed by atoms with Gasteiger partial charge in [0.05, 0.1) is 6.61 Å². The van der Waals surface area contributed by atoms with E-state index in [0.717, 1.165) is 11.1 Å². The predicted molar refractivity (Wildman–Crippen MR) is 99.2 cm³/mol. The predicted octanol–water partition coefficient (Wildman–Crippen LogP) is 2.38. The van der Waals surface area contributed by atoms with Crippen LogP contribution in [0.5, 0.6) is 0 Å². The molecule has 1 aliphatic heterocycles. The van der Waals surface area contributed by atoms with Crippen molar-refractivity contribution in [1.29, 1.82) is 0 Å². The minimum Gasteiger partial charge on any atom is -0.463 e. The number of alkyl carbamates (subject to hydrolysis) is 1. The van der Waals surface area contributed by atoms with Crippen molar-refractivity contribution in [2.24, 2.45) is 0 Å². The van der Waals surface area contributed by atoms with E-state index < -0.39 is 30.2 Å². The molecule has 1 fully saturated rings. The zero-order chi connectivity index (χ0) is 19.8. The first kappa shape index (κ1) is 19.4. The standard InChI is InChI=1S/C21H21NO6/c23-19(28-18-11-12-26-20(18)24)17(13-15-7-3-1-4-8-15)22-21(25)27-14-16-9-5-2-6-10-16/h1-10,17-18H,11-14H2,(H,22,25)/t17-,18+/m1/s1. The number of esters is 2. The van der Waals surface area contributed by atoms with Gasteiger partial charge in [0.1, 0.15) is 12.6 Å². The normalized spacial score (nSPS) is 16.7. The number of rotatable bonds is 7. The average Bonchev–Trinajstić information content (AvgIpc) is 3.12. The summed E-state index contributed by atoms with van der Waals surface area (Å²) in [6.45, 7) is 0.293. The van der Waals surface area contributed by atoms with Gasteiger partial charge < -0.3 is 19.5 Å². The lowest BCUT2D eigenvalue weighted by atomic mass is 10.1. The van der Waals surface area contributed by atoms with Crippen LogP contribution in [0.3, 0.4) is 0 Å². The fourth-order valence-corrected chi connectivity index (χ4v) is 2.76. The van der Waals surface area contributed by atoms with Crippen LogP contribution in [0.25, 0.3) is 0 Å². The summed E-state index contributed by atoms with van der Waals surface area (Å²) in [4.78, 5) is 36.3. The Morgan fingerprint density at radius 3 is 2.29 bits per heavy atom. The lowest BCUT2D eigenvalue weighted by Gasteiger charge is -2.19. The Morgan fingerprint density at radius 1 is 1.04 bits per heavy atom. The number of amides is 1. The number of nitrogens with one attached hydrogen (secondary N) is 1. The third-order valence-electron chi connectivity index (χ3n) is 4.22. The SMILES string of the molecule is O=C(N[C@H](Cc1ccccc1)C(=O)O[C@H]1CCOC1=O)OCc1ccccc1. The largest absolute Gasteiger partial charge is 0.463 e. The Bertz CT molecular complexity index is 808. The van der Waals surface area contributed by atoms with Crippen LogP contribution in [0.2, 0.25) is 0 Å². The highest BCUT2D eigenvalue weighted by Gasteiger charge is 2.33. The molecule has 0 saturated carbocycles. The monoisotopic (exact) mass is 383 g/mol. The molecule has 3 rings (SSSR count). The lowest BCUT2D eigenvalue weighted by molar-refractivity contribution is -0.161. The molecule has 1 N–H and O–H groups in total. The maximum atomic E-state index is 12.6. The molecule has 0 aliphatic carbocycles. The van der Waals surface area contributed by atoms with Crippen LogP contribution >= 0.6 is 0 Å². The van der Waals surface area contributed by atoms with Crippen molar-refractivity contribution >= 4 is 18.0 Å². The van der Waals surface area contributed by atoms with Gasteiger partial charge in [0.2, 0.25) is 6.10 Å². The van der Waals surface area contributed by atoms with E-state index in [2.05, 4.69) is 5.32 Å². The van der Waals surface area contributed by atoms with Crippen molar-refractivity contribution in [3.8, 4) is 0 Å². The van der Waals surface area contributed by atoms with Crippen LogP contribution in [0.1, 0.15) is 17.5 Å². The van der Waals surface area contributed by atoms with E-state index in [9.17, 15) is 14.4 Å². The highest BCUT2D eigenvalue weighted by molar-refractivity contribution is 5.85. The quantitative estimate of drug-likeness (QED) is 0.583. The Hall–Kier alpha value is -3.35. The molecule has 28 heavy (non-hydrogen) atoms. The van der Waals surface area contributed by atoms with Crippen molar-refractivity contribution < 1.29 is 28.6 Å². The van der Waals surface area contributed by atoms with Gasteiger partial charge in [-0.1, -0.05) is 60.7 Å². The number of benzene rings is 2. The first-order valence-electron chi connectivity index (χ1n) is 9.00. The molecule has 0 radical (unpaired) electrons. The average molecular weight is 383 g/mol. The second-order valence-electron chi connectivity index (χ2n) is 6.33. The molecular weight excluding hydrogens is 362 g/mol. The highest BCUT2D eigenvalue weighted by Crippen LogP contribution is 2.13. The molecule has 2 aromatic carbocycles.